The fraction of sp³-hybridized carbons (Fsp3) is 0.250. The van der Waals surface area contributed by atoms with Crippen LogP contribution in [0.2, 0.25) is 0 Å². The molecule has 1 aromatic rings. The Labute approximate surface area is 65.5 Å². The molecule has 0 radical (unpaired) electrons. The van der Waals surface area contributed by atoms with E-state index in [0.29, 0.717) is 16.0 Å². The average Bonchev–Trinajstić information content (AvgIpc) is 1.93. The highest BCUT2D eigenvalue weighted by Gasteiger charge is 2.02. The zero-order valence-electron chi connectivity index (χ0n) is 5.98. The number of halogens is 1. The standard InChI is InChI=1S/C8H9FS/c1-5-3-4-7(10)6(2)8(5)9/h3-4,10H,1-2H3. The number of hydrogen-bond donors (Lipinski definition) is 1. The summed E-state index contributed by atoms with van der Waals surface area (Å²) in [7, 11) is 0. The highest BCUT2D eigenvalue weighted by atomic mass is 32.1. The van der Waals surface area contributed by atoms with Gasteiger partial charge in [-0.25, -0.2) is 4.39 Å². The molecule has 0 N–H and O–H groups in total. The third kappa shape index (κ3) is 1.16. The third-order valence-corrected chi connectivity index (χ3v) is 2.04. The summed E-state index contributed by atoms with van der Waals surface area (Å²) in [5.74, 6) is -0.146. The third-order valence-electron chi connectivity index (χ3n) is 1.55. The van der Waals surface area contributed by atoms with Crippen LogP contribution in [-0.2, 0) is 0 Å². The minimum atomic E-state index is -0.146. The molecule has 0 atom stereocenters. The molecule has 1 aromatic carbocycles. The van der Waals surface area contributed by atoms with E-state index in [1.54, 1.807) is 26.0 Å². The van der Waals surface area contributed by atoms with Crippen molar-refractivity contribution in [2.24, 2.45) is 0 Å². The second-order valence-electron chi connectivity index (χ2n) is 2.34. The number of benzene rings is 1. The molecule has 0 aliphatic carbocycles. The molecule has 0 heterocycles. The Bertz CT molecular complexity index is 229. The molecule has 0 aromatic heterocycles. The zero-order chi connectivity index (χ0) is 7.72. The predicted molar refractivity (Wildman–Crippen MR) is 43.1 cm³/mol. The maximum atomic E-state index is 12.9. The molecule has 0 aliphatic heterocycles. The number of hydrogen-bond acceptors (Lipinski definition) is 1. The van der Waals surface area contributed by atoms with E-state index in [2.05, 4.69) is 12.6 Å². The van der Waals surface area contributed by atoms with Crippen molar-refractivity contribution in [3.63, 3.8) is 0 Å². The van der Waals surface area contributed by atoms with E-state index >= 15 is 0 Å². The normalized spacial score (nSPS) is 10.0. The fourth-order valence-electron chi connectivity index (χ4n) is 0.810. The van der Waals surface area contributed by atoms with E-state index in [9.17, 15) is 4.39 Å². The highest BCUT2D eigenvalue weighted by molar-refractivity contribution is 7.80. The molecule has 0 saturated heterocycles. The van der Waals surface area contributed by atoms with Gasteiger partial charge in [0.25, 0.3) is 0 Å². The van der Waals surface area contributed by atoms with E-state index in [4.69, 9.17) is 0 Å². The highest BCUT2D eigenvalue weighted by Crippen LogP contribution is 2.18. The fourth-order valence-corrected chi connectivity index (χ4v) is 0.983. The van der Waals surface area contributed by atoms with E-state index in [0.717, 1.165) is 0 Å². The maximum absolute atomic E-state index is 12.9. The molecule has 0 nitrogen and oxygen atoms in total. The van der Waals surface area contributed by atoms with E-state index < -0.39 is 0 Å². The second-order valence-corrected chi connectivity index (χ2v) is 2.82. The Morgan fingerprint density at radius 3 is 2.40 bits per heavy atom. The van der Waals surface area contributed by atoms with Crippen LogP contribution in [0.1, 0.15) is 11.1 Å². The van der Waals surface area contributed by atoms with Crippen LogP contribution in [0.5, 0.6) is 0 Å². The number of thiol groups is 1. The summed E-state index contributed by atoms with van der Waals surface area (Å²) < 4.78 is 12.9. The van der Waals surface area contributed by atoms with Gasteiger partial charge in [-0.3, -0.25) is 0 Å². The monoisotopic (exact) mass is 156 g/mol. The summed E-state index contributed by atoms with van der Waals surface area (Å²) in [6.45, 7) is 3.47. The smallest absolute Gasteiger partial charge is 0.130 e. The zero-order valence-corrected chi connectivity index (χ0v) is 6.87. The molecule has 2 heteroatoms. The molecular formula is C8H9FS. The molecule has 0 spiro atoms. The first-order chi connectivity index (χ1) is 4.63. The summed E-state index contributed by atoms with van der Waals surface area (Å²) in [6, 6.07) is 3.53. The lowest BCUT2D eigenvalue weighted by Crippen LogP contribution is -1.87. The predicted octanol–water partition coefficient (Wildman–Crippen LogP) is 2.73. The molecule has 0 saturated carbocycles. The largest absolute Gasteiger partial charge is 0.206 e. The molecular weight excluding hydrogens is 147 g/mol. The Kier molecular flexibility index (Phi) is 2.00. The molecule has 0 unspecified atom stereocenters. The van der Waals surface area contributed by atoms with Crippen molar-refractivity contribution in [1.82, 2.24) is 0 Å². The minimum Gasteiger partial charge on any atom is -0.206 e. The topological polar surface area (TPSA) is 0 Å². The Balaban J connectivity index is 3.34. The van der Waals surface area contributed by atoms with Gasteiger partial charge in [0.2, 0.25) is 0 Å². The van der Waals surface area contributed by atoms with Crippen molar-refractivity contribution < 1.29 is 4.39 Å². The lowest BCUT2D eigenvalue weighted by atomic mass is 10.1. The van der Waals surface area contributed by atoms with Crippen LogP contribution < -0.4 is 0 Å². The van der Waals surface area contributed by atoms with Crippen LogP contribution in [0.25, 0.3) is 0 Å². The number of aryl methyl sites for hydroxylation is 1. The summed E-state index contributed by atoms with van der Waals surface area (Å²) in [5, 5.41) is 0. The first-order valence-corrected chi connectivity index (χ1v) is 3.52. The summed E-state index contributed by atoms with van der Waals surface area (Å²) >= 11 is 4.07. The first-order valence-electron chi connectivity index (χ1n) is 3.07. The van der Waals surface area contributed by atoms with Crippen molar-refractivity contribution in [1.29, 1.82) is 0 Å². The minimum absolute atomic E-state index is 0.146. The Morgan fingerprint density at radius 2 is 1.90 bits per heavy atom. The van der Waals surface area contributed by atoms with Gasteiger partial charge in [0.15, 0.2) is 0 Å². The van der Waals surface area contributed by atoms with Crippen molar-refractivity contribution in [2.75, 3.05) is 0 Å². The SMILES string of the molecule is Cc1ccc(S)c(C)c1F. The van der Waals surface area contributed by atoms with Gasteiger partial charge in [0, 0.05) is 4.90 Å². The lowest BCUT2D eigenvalue weighted by Gasteiger charge is -2.01. The van der Waals surface area contributed by atoms with E-state index in [-0.39, 0.29) is 5.82 Å². The van der Waals surface area contributed by atoms with Gasteiger partial charge < -0.3 is 0 Å². The van der Waals surface area contributed by atoms with Crippen molar-refractivity contribution >= 4 is 12.6 Å². The van der Waals surface area contributed by atoms with Crippen LogP contribution in [0, 0.1) is 19.7 Å². The van der Waals surface area contributed by atoms with Gasteiger partial charge in [-0.15, -0.1) is 12.6 Å². The number of rotatable bonds is 0. The lowest BCUT2D eigenvalue weighted by molar-refractivity contribution is 0.604. The summed E-state index contributed by atoms with van der Waals surface area (Å²) in [4.78, 5) is 0.711. The Morgan fingerprint density at radius 1 is 1.30 bits per heavy atom. The van der Waals surface area contributed by atoms with Gasteiger partial charge in [0.05, 0.1) is 0 Å². The summed E-state index contributed by atoms with van der Waals surface area (Å²) in [6.07, 6.45) is 0. The second kappa shape index (κ2) is 2.62. The van der Waals surface area contributed by atoms with Crippen LogP contribution in [0.15, 0.2) is 17.0 Å². The molecule has 0 amide bonds. The van der Waals surface area contributed by atoms with Crippen LogP contribution >= 0.6 is 12.6 Å². The van der Waals surface area contributed by atoms with Gasteiger partial charge in [-0.1, -0.05) is 6.07 Å². The molecule has 0 aliphatic rings. The van der Waals surface area contributed by atoms with Gasteiger partial charge >= 0.3 is 0 Å². The molecule has 54 valence electrons. The average molecular weight is 156 g/mol. The van der Waals surface area contributed by atoms with Gasteiger partial charge in [0.1, 0.15) is 5.82 Å². The molecule has 0 bridgehead atoms. The quantitative estimate of drug-likeness (QED) is 0.548. The first kappa shape index (κ1) is 7.61. The molecule has 0 fully saturated rings. The molecule has 10 heavy (non-hydrogen) atoms. The summed E-state index contributed by atoms with van der Waals surface area (Å²) in [5.41, 5.74) is 1.30. The maximum Gasteiger partial charge on any atom is 0.130 e. The van der Waals surface area contributed by atoms with Crippen LogP contribution in [-0.4, -0.2) is 0 Å². The van der Waals surface area contributed by atoms with Crippen molar-refractivity contribution in [2.45, 2.75) is 18.7 Å². The van der Waals surface area contributed by atoms with E-state index in [1.165, 1.54) is 0 Å². The van der Waals surface area contributed by atoms with Crippen LogP contribution in [0.3, 0.4) is 0 Å². The molecule has 1 rings (SSSR count). The van der Waals surface area contributed by atoms with E-state index in [1.807, 2.05) is 0 Å². The Hall–Kier alpha value is -0.500. The van der Waals surface area contributed by atoms with Gasteiger partial charge in [-0.05, 0) is 31.0 Å². The van der Waals surface area contributed by atoms with Crippen molar-refractivity contribution in [3.05, 3.63) is 29.1 Å². The van der Waals surface area contributed by atoms with Crippen LogP contribution in [0.4, 0.5) is 4.39 Å². The van der Waals surface area contributed by atoms with Gasteiger partial charge in [-0.2, -0.15) is 0 Å². The van der Waals surface area contributed by atoms with Crippen molar-refractivity contribution in [3.8, 4) is 0 Å².